The second-order valence-corrected chi connectivity index (χ2v) is 5.51. The standard InChI is InChI=1S/C16H18N4O2/c1-20-9-14(8-18-20)12-5-13(7-17-6-12)16(22)19-15-3-2-11(4-15)10-21/h2-3,5-9,11,15,21H,4,10H2,1H3,(H,19,22)/t11-,15+/m0/s1. The van der Waals surface area contributed by atoms with Crippen LogP contribution in [0.1, 0.15) is 16.8 Å². The van der Waals surface area contributed by atoms with Gasteiger partial charge in [0, 0.05) is 55.3 Å². The summed E-state index contributed by atoms with van der Waals surface area (Å²) >= 11 is 0. The Morgan fingerprint density at radius 1 is 1.36 bits per heavy atom. The lowest BCUT2D eigenvalue weighted by Crippen LogP contribution is -2.33. The van der Waals surface area contributed by atoms with Gasteiger partial charge in [0.2, 0.25) is 0 Å². The van der Waals surface area contributed by atoms with Crippen LogP contribution in [0.2, 0.25) is 0 Å². The van der Waals surface area contributed by atoms with E-state index in [9.17, 15) is 4.79 Å². The molecular formula is C16H18N4O2. The van der Waals surface area contributed by atoms with E-state index in [2.05, 4.69) is 15.4 Å². The number of amides is 1. The van der Waals surface area contributed by atoms with Crippen LogP contribution in [0.4, 0.5) is 0 Å². The summed E-state index contributed by atoms with van der Waals surface area (Å²) in [6.45, 7) is 0.112. The summed E-state index contributed by atoms with van der Waals surface area (Å²) in [5.41, 5.74) is 2.30. The Hall–Kier alpha value is -2.47. The van der Waals surface area contributed by atoms with Crippen LogP contribution in [0.3, 0.4) is 0 Å². The van der Waals surface area contributed by atoms with Gasteiger partial charge in [-0.1, -0.05) is 12.2 Å². The third-order valence-electron chi connectivity index (χ3n) is 3.76. The van der Waals surface area contributed by atoms with Gasteiger partial charge in [0.15, 0.2) is 0 Å². The smallest absolute Gasteiger partial charge is 0.253 e. The van der Waals surface area contributed by atoms with E-state index < -0.39 is 0 Å². The number of carbonyl (C=O) groups excluding carboxylic acids is 1. The molecule has 6 heteroatoms. The zero-order valence-corrected chi connectivity index (χ0v) is 12.3. The third-order valence-corrected chi connectivity index (χ3v) is 3.76. The molecule has 114 valence electrons. The minimum atomic E-state index is -0.161. The number of aliphatic hydroxyl groups excluding tert-OH is 1. The molecule has 0 fully saturated rings. The van der Waals surface area contributed by atoms with E-state index in [0.717, 1.165) is 17.5 Å². The zero-order valence-electron chi connectivity index (χ0n) is 12.3. The summed E-state index contributed by atoms with van der Waals surface area (Å²) in [5.74, 6) is -0.0309. The maximum absolute atomic E-state index is 12.3. The van der Waals surface area contributed by atoms with Gasteiger partial charge in [-0.05, 0) is 12.5 Å². The molecule has 6 nitrogen and oxygen atoms in total. The average Bonchev–Trinajstić information content (AvgIpc) is 3.16. The van der Waals surface area contributed by atoms with E-state index in [1.807, 2.05) is 31.5 Å². The zero-order chi connectivity index (χ0) is 15.5. The number of carbonyl (C=O) groups is 1. The monoisotopic (exact) mass is 298 g/mol. The fourth-order valence-electron chi connectivity index (χ4n) is 2.56. The Morgan fingerprint density at radius 2 is 2.23 bits per heavy atom. The SMILES string of the molecule is Cn1cc(-c2cncc(C(=O)N[C@@H]3C=C[C@H](CO)C3)c2)cn1. The first-order chi connectivity index (χ1) is 10.7. The van der Waals surface area contributed by atoms with E-state index in [4.69, 9.17) is 5.11 Å². The molecule has 2 atom stereocenters. The highest BCUT2D eigenvalue weighted by Gasteiger charge is 2.20. The van der Waals surface area contributed by atoms with Crippen molar-refractivity contribution in [3.8, 4) is 11.1 Å². The molecule has 0 saturated carbocycles. The van der Waals surface area contributed by atoms with E-state index in [0.29, 0.717) is 5.56 Å². The molecule has 0 aromatic carbocycles. The molecule has 0 spiro atoms. The maximum Gasteiger partial charge on any atom is 0.253 e. The van der Waals surface area contributed by atoms with Crippen LogP contribution >= 0.6 is 0 Å². The van der Waals surface area contributed by atoms with Crippen molar-refractivity contribution in [2.45, 2.75) is 12.5 Å². The number of aromatic nitrogens is 3. The summed E-state index contributed by atoms with van der Waals surface area (Å²) < 4.78 is 1.71. The second-order valence-electron chi connectivity index (χ2n) is 5.51. The first kappa shape index (κ1) is 14.5. The first-order valence-corrected chi connectivity index (χ1v) is 7.20. The molecule has 2 heterocycles. The summed E-state index contributed by atoms with van der Waals surface area (Å²) in [5, 5.41) is 16.2. The molecule has 1 aliphatic carbocycles. The quantitative estimate of drug-likeness (QED) is 0.830. The van der Waals surface area contributed by atoms with Crippen molar-refractivity contribution >= 4 is 5.91 Å². The lowest BCUT2D eigenvalue weighted by molar-refractivity contribution is 0.0940. The number of nitrogens with zero attached hydrogens (tertiary/aromatic N) is 3. The normalized spacial score (nSPS) is 20.3. The number of pyridine rings is 1. The molecule has 0 aliphatic heterocycles. The van der Waals surface area contributed by atoms with Crippen molar-refractivity contribution in [2.24, 2.45) is 13.0 Å². The van der Waals surface area contributed by atoms with Gasteiger partial charge in [-0.25, -0.2) is 0 Å². The van der Waals surface area contributed by atoms with Gasteiger partial charge in [-0.3, -0.25) is 14.5 Å². The Bertz CT molecular complexity index is 708. The van der Waals surface area contributed by atoms with Crippen LogP contribution in [0, 0.1) is 5.92 Å². The van der Waals surface area contributed by atoms with E-state index >= 15 is 0 Å². The van der Waals surface area contributed by atoms with Crippen LogP contribution in [0.25, 0.3) is 11.1 Å². The maximum atomic E-state index is 12.3. The number of hydrogen-bond acceptors (Lipinski definition) is 4. The number of rotatable bonds is 4. The fourth-order valence-corrected chi connectivity index (χ4v) is 2.56. The molecule has 0 unspecified atom stereocenters. The summed E-state index contributed by atoms with van der Waals surface area (Å²) in [6.07, 6.45) is 11.5. The van der Waals surface area contributed by atoms with Crippen molar-refractivity contribution in [3.05, 3.63) is 48.6 Å². The fraction of sp³-hybridized carbons (Fsp3) is 0.312. The molecule has 1 aliphatic rings. The number of nitrogens with one attached hydrogen (secondary N) is 1. The first-order valence-electron chi connectivity index (χ1n) is 7.20. The van der Waals surface area contributed by atoms with Crippen LogP contribution in [-0.2, 0) is 7.05 Å². The van der Waals surface area contributed by atoms with E-state index in [1.165, 1.54) is 0 Å². The molecule has 0 saturated heterocycles. The van der Waals surface area contributed by atoms with Crippen LogP contribution in [-0.4, -0.2) is 38.4 Å². The van der Waals surface area contributed by atoms with Crippen LogP contribution in [0.15, 0.2) is 43.0 Å². The molecule has 2 aromatic rings. The molecular weight excluding hydrogens is 280 g/mol. The number of aliphatic hydroxyl groups is 1. The molecule has 3 rings (SSSR count). The van der Waals surface area contributed by atoms with Gasteiger partial charge in [0.1, 0.15) is 0 Å². The molecule has 2 N–H and O–H groups in total. The lowest BCUT2D eigenvalue weighted by Gasteiger charge is -2.12. The van der Waals surface area contributed by atoms with Gasteiger partial charge < -0.3 is 10.4 Å². The second kappa shape index (κ2) is 6.11. The Balaban J connectivity index is 1.72. The summed E-state index contributed by atoms with van der Waals surface area (Å²) in [7, 11) is 1.84. The molecule has 1 amide bonds. The minimum absolute atomic E-state index is 0.0355. The van der Waals surface area contributed by atoms with Crippen molar-refractivity contribution in [1.29, 1.82) is 0 Å². The highest BCUT2D eigenvalue weighted by atomic mass is 16.3. The number of hydrogen-bond donors (Lipinski definition) is 2. The largest absolute Gasteiger partial charge is 0.396 e. The van der Waals surface area contributed by atoms with Crippen molar-refractivity contribution in [3.63, 3.8) is 0 Å². The van der Waals surface area contributed by atoms with Crippen molar-refractivity contribution in [2.75, 3.05) is 6.61 Å². The summed E-state index contributed by atoms with van der Waals surface area (Å²) in [6, 6.07) is 1.77. The van der Waals surface area contributed by atoms with Gasteiger partial charge in [0.05, 0.1) is 11.8 Å². The van der Waals surface area contributed by atoms with Crippen molar-refractivity contribution in [1.82, 2.24) is 20.1 Å². The number of aryl methyl sites for hydroxylation is 1. The summed E-state index contributed by atoms with van der Waals surface area (Å²) in [4.78, 5) is 16.5. The van der Waals surface area contributed by atoms with Gasteiger partial charge in [-0.15, -0.1) is 0 Å². The topological polar surface area (TPSA) is 80.0 Å². The Morgan fingerprint density at radius 3 is 2.91 bits per heavy atom. The third kappa shape index (κ3) is 3.07. The van der Waals surface area contributed by atoms with Crippen molar-refractivity contribution < 1.29 is 9.90 Å². The Kier molecular flexibility index (Phi) is 4.02. The van der Waals surface area contributed by atoms with E-state index in [-0.39, 0.29) is 24.5 Å². The van der Waals surface area contributed by atoms with Gasteiger partial charge in [-0.2, -0.15) is 5.10 Å². The van der Waals surface area contributed by atoms with Gasteiger partial charge in [0.25, 0.3) is 5.91 Å². The molecule has 2 aromatic heterocycles. The molecule has 0 radical (unpaired) electrons. The average molecular weight is 298 g/mol. The van der Waals surface area contributed by atoms with Gasteiger partial charge >= 0.3 is 0 Å². The minimum Gasteiger partial charge on any atom is -0.396 e. The predicted molar refractivity (Wildman–Crippen MR) is 82.0 cm³/mol. The highest BCUT2D eigenvalue weighted by Crippen LogP contribution is 2.20. The van der Waals surface area contributed by atoms with Crippen LogP contribution < -0.4 is 5.32 Å². The highest BCUT2D eigenvalue weighted by molar-refractivity contribution is 5.95. The predicted octanol–water partition coefficient (Wildman–Crippen LogP) is 1.15. The van der Waals surface area contributed by atoms with E-state index in [1.54, 1.807) is 23.3 Å². The lowest BCUT2D eigenvalue weighted by atomic mass is 10.1. The van der Waals surface area contributed by atoms with Crippen LogP contribution in [0.5, 0.6) is 0 Å². The molecule has 22 heavy (non-hydrogen) atoms. The molecule has 0 bridgehead atoms. The Labute approximate surface area is 128 Å².